The highest BCUT2D eigenvalue weighted by Crippen LogP contribution is 2.17. The number of benzene rings is 1. The summed E-state index contributed by atoms with van der Waals surface area (Å²) in [6, 6.07) is 7.67. The smallest absolute Gasteiger partial charge is 0.187 e. The fourth-order valence-electron chi connectivity index (χ4n) is 1.42. The van der Waals surface area contributed by atoms with E-state index >= 15 is 0 Å². The average Bonchev–Trinajstić information content (AvgIpc) is 2.27. The van der Waals surface area contributed by atoms with Crippen LogP contribution in [0, 0.1) is 0 Å². The minimum Gasteiger partial charge on any atom is -0.289 e. The van der Waals surface area contributed by atoms with Gasteiger partial charge in [0.25, 0.3) is 0 Å². The Hall–Kier alpha value is -1.96. The van der Waals surface area contributed by atoms with Gasteiger partial charge in [-0.3, -0.25) is 9.78 Å². The van der Waals surface area contributed by atoms with Crippen molar-refractivity contribution in [2.75, 3.05) is 0 Å². The lowest BCUT2D eigenvalue weighted by Crippen LogP contribution is -1.95. The van der Waals surface area contributed by atoms with Gasteiger partial charge in [-0.15, -0.1) is 0 Å². The van der Waals surface area contributed by atoms with Gasteiger partial charge in [0, 0.05) is 23.3 Å². The first-order chi connectivity index (χ1) is 6.83. The number of nitrogens with zero attached hydrogens (tertiary/aromatic N) is 1. The van der Waals surface area contributed by atoms with E-state index < -0.39 is 0 Å². The van der Waals surface area contributed by atoms with Gasteiger partial charge in [-0.25, -0.2) is 0 Å². The van der Waals surface area contributed by atoms with E-state index in [0.717, 1.165) is 10.8 Å². The molecule has 0 saturated heterocycles. The highest BCUT2D eigenvalue weighted by atomic mass is 16.1. The Morgan fingerprint density at radius 3 is 2.86 bits per heavy atom. The Balaban J connectivity index is 2.77. The molecule has 1 heterocycles. The van der Waals surface area contributed by atoms with Crippen molar-refractivity contribution in [1.82, 2.24) is 4.98 Å². The molecule has 0 spiro atoms. The number of hydrogen-bond acceptors (Lipinski definition) is 2. The molecule has 0 bridgehead atoms. The zero-order valence-corrected chi connectivity index (χ0v) is 7.60. The Morgan fingerprint density at radius 1 is 1.29 bits per heavy atom. The summed E-state index contributed by atoms with van der Waals surface area (Å²) in [7, 11) is 0. The Labute approximate surface area is 81.9 Å². The average molecular weight is 183 g/mol. The van der Waals surface area contributed by atoms with Gasteiger partial charge in [0.1, 0.15) is 0 Å². The molecule has 0 saturated carbocycles. The van der Waals surface area contributed by atoms with E-state index in [9.17, 15) is 4.79 Å². The van der Waals surface area contributed by atoms with E-state index in [1.807, 2.05) is 24.3 Å². The molecule has 0 aliphatic heterocycles. The molecule has 0 aliphatic carbocycles. The van der Waals surface area contributed by atoms with E-state index in [-0.39, 0.29) is 5.78 Å². The second kappa shape index (κ2) is 3.42. The summed E-state index contributed by atoms with van der Waals surface area (Å²) in [4.78, 5) is 15.5. The molecule has 68 valence electrons. The van der Waals surface area contributed by atoms with Gasteiger partial charge in [0.2, 0.25) is 0 Å². The molecule has 14 heavy (non-hydrogen) atoms. The van der Waals surface area contributed by atoms with Gasteiger partial charge in [-0.2, -0.15) is 0 Å². The highest BCUT2D eigenvalue weighted by Gasteiger charge is 2.05. The van der Waals surface area contributed by atoms with Gasteiger partial charge in [0.05, 0.1) is 0 Å². The number of rotatable bonds is 2. The second-order valence-corrected chi connectivity index (χ2v) is 2.98. The number of allylic oxidation sites excluding steroid dienone is 1. The van der Waals surface area contributed by atoms with E-state index in [4.69, 9.17) is 0 Å². The predicted molar refractivity (Wildman–Crippen MR) is 56.3 cm³/mol. The number of pyridine rings is 1. The van der Waals surface area contributed by atoms with Crippen LogP contribution >= 0.6 is 0 Å². The Kier molecular flexibility index (Phi) is 2.11. The van der Waals surface area contributed by atoms with E-state index in [1.54, 1.807) is 12.4 Å². The van der Waals surface area contributed by atoms with Crippen molar-refractivity contribution < 1.29 is 4.79 Å². The molecule has 2 nitrogen and oxygen atoms in total. The summed E-state index contributed by atoms with van der Waals surface area (Å²) in [5.41, 5.74) is 0.609. The number of fused-ring (bicyclic) bond motifs is 1. The number of carbonyl (C=O) groups is 1. The molecule has 0 amide bonds. The van der Waals surface area contributed by atoms with E-state index in [0.29, 0.717) is 5.56 Å². The van der Waals surface area contributed by atoms with Crippen LogP contribution in [0.4, 0.5) is 0 Å². The number of aromatic nitrogens is 1. The van der Waals surface area contributed by atoms with Crippen molar-refractivity contribution in [3.63, 3.8) is 0 Å². The summed E-state index contributed by atoms with van der Waals surface area (Å²) in [5, 5.41) is 1.90. The van der Waals surface area contributed by atoms with Crippen LogP contribution in [0.5, 0.6) is 0 Å². The predicted octanol–water partition coefficient (Wildman–Crippen LogP) is 2.60. The van der Waals surface area contributed by atoms with Crippen molar-refractivity contribution >= 4 is 16.6 Å². The van der Waals surface area contributed by atoms with E-state index in [2.05, 4.69) is 11.6 Å². The lowest BCUT2D eigenvalue weighted by atomic mass is 10.1. The van der Waals surface area contributed by atoms with Crippen LogP contribution in [0.15, 0.2) is 49.3 Å². The molecule has 0 fully saturated rings. The third-order valence-corrected chi connectivity index (χ3v) is 2.12. The second-order valence-electron chi connectivity index (χ2n) is 2.98. The maximum absolute atomic E-state index is 11.5. The molecule has 0 atom stereocenters. The number of carbonyl (C=O) groups excluding carboxylic acids is 1. The van der Waals surface area contributed by atoms with Crippen LogP contribution in [0.2, 0.25) is 0 Å². The molecule has 0 aliphatic rings. The van der Waals surface area contributed by atoms with Crippen molar-refractivity contribution in [1.29, 1.82) is 0 Å². The molecule has 2 rings (SSSR count). The topological polar surface area (TPSA) is 30.0 Å². The van der Waals surface area contributed by atoms with Crippen LogP contribution < -0.4 is 0 Å². The molecule has 1 aromatic heterocycles. The summed E-state index contributed by atoms with van der Waals surface area (Å²) >= 11 is 0. The van der Waals surface area contributed by atoms with Crippen LogP contribution in [0.1, 0.15) is 10.4 Å². The maximum atomic E-state index is 11.5. The van der Waals surface area contributed by atoms with Crippen LogP contribution in [-0.2, 0) is 0 Å². The summed E-state index contributed by atoms with van der Waals surface area (Å²) in [6.07, 6.45) is 4.63. The van der Waals surface area contributed by atoms with Gasteiger partial charge < -0.3 is 0 Å². The third kappa shape index (κ3) is 1.31. The van der Waals surface area contributed by atoms with Crippen LogP contribution in [0.3, 0.4) is 0 Å². The van der Waals surface area contributed by atoms with Gasteiger partial charge in [0.15, 0.2) is 5.78 Å². The standard InChI is InChI=1S/C12H9NO/c1-2-12(14)11-8-13-7-9-5-3-4-6-10(9)11/h2-8H,1H2. The minimum absolute atomic E-state index is 0.0886. The molecule has 0 radical (unpaired) electrons. The lowest BCUT2D eigenvalue weighted by Gasteiger charge is -2.01. The first kappa shape index (κ1) is 8.63. The monoisotopic (exact) mass is 183 g/mol. The van der Waals surface area contributed by atoms with Gasteiger partial charge in [-0.05, 0) is 11.5 Å². The quantitative estimate of drug-likeness (QED) is 0.529. The molecular weight excluding hydrogens is 174 g/mol. The largest absolute Gasteiger partial charge is 0.289 e. The Bertz CT molecular complexity index is 497. The normalized spacial score (nSPS) is 10.0. The molecule has 0 N–H and O–H groups in total. The fourth-order valence-corrected chi connectivity index (χ4v) is 1.42. The van der Waals surface area contributed by atoms with Crippen LogP contribution in [0.25, 0.3) is 10.8 Å². The molecule has 0 unspecified atom stereocenters. The first-order valence-corrected chi connectivity index (χ1v) is 4.32. The molecule has 1 aromatic carbocycles. The summed E-state index contributed by atoms with van der Waals surface area (Å²) in [5.74, 6) is -0.0886. The fraction of sp³-hybridized carbons (Fsp3) is 0. The third-order valence-electron chi connectivity index (χ3n) is 2.12. The minimum atomic E-state index is -0.0886. The van der Waals surface area contributed by atoms with Crippen molar-refractivity contribution in [2.45, 2.75) is 0 Å². The summed E-state index contributed by atoms with van der Waals surface area (Å²) in [6.45, 7) is 3.47. The molecule has 2 aromatic rings. The van der Waals surface area contributed by atoms with Crippen molar-refractivity contribution in [2.24, 2.45) is 0 Å². The van der Waals surface area contributed by atoms with Gasteiger partial charge in [-0.1, -0.05) is 30.8 Å². The SMILES string of the molecule is C=CC(=O)c1cncc2ccccc12. The molecule has 2 heteroatoms. The van der Waals surface area contributed by atoms with Crippen molar-refractivity contribution in [3.8, 4) is 0 Å². The zero-order valence-electron chi connectivity index (χ0n) is 7.60. The van der Waals surface area contributed by atoms with Crippen LogP contribution in [-0.4, -0.2) is 10.8 Å². The lowest BCUT2D eigenvalue weighted by molar-refractivity contribution is 0.104. The first-order valence-electron chi connectivity index (χ1n) is 4.32. The van der Waals surface area contributed by atoms with E-state index in [1.165, 1.54) is 6.08 Å². The van der Waals surface area contributed by atoms with Gasteiger partial charge >= 0.3 is 0 Å². The Morgan fingerprint density at radius 2 is 2.07 bits per heavy atom. The summed E-state index contributed by atoms with van der Waals surface area (Å²) < 4.78 is 0. The van der Waals surface area contributed by atoms with Crippen molar-refractivity contribution in [3.05, 3.63) is 54.9 Å². The molecular formula is C12H9NO. The number of hydrogen-bond donors (Lipinski definition) is 0. The zero-order chi connectivity index (χ0) is 9.97. The highest BCUT2D eigenvalue weighted by molar-refractivity contribution is 6.12. The maximum Gasteiger partial charge on any atom is 0.187 e. The number of ketones is 1.